The fraction of sp³-hybridized carbons (Fsp3) is 0.263. The van der Waals surface area contributed by atoms with E-state index in [4.69, 9.17) is 4.74 Å². The molecule has 106 valence electrons. The molecule has 1 aromatic heterocycles. The van der Waals surface area contributed by atoms with E-state index in [0.29, 0.717) is 12.5 Å². The van der Waals surface area contributed by atoms with Gasteiger partial charge in [-0.05, 0) is 42.7 Å². The number of benzene rings is 2. The number of nitrogens with zero attached hydrogens (tertiary/aromatic N) is 1. The van der Waals surface area contributed by atoms with Crippen LogP contribution in [-0.4, -0.2) is 11.2 Å². The van der Waals surface area contributed by atoms with Crippen molar-refractivity contribution in [1.82, 2.24) is 4.57 Å². The van der Waals surface area contributed by atoms with Crippen LogP contribution in [0.2, 0.25) is 0 Å². The molecule has 0 bridgehead atoms. The van der Waals surface area contributed by atoms with Gasteiger partial charge in [-0.2, -0.15) is 0 Å². The lowest BCUT2D eigenvalue weighted by Gasteiger charge is -2.30. The average Bonchev–Trinajstić information content (AvgIpc) is 2.89. The summed E-state index contributed by atoms with van der Waals surface area (Å²) in [5.74, 6) is 1.63. The number of aromatic nitrogens is 1. The van der Waals surface area contributed by atoms with Crippen LogP contribution in [0.5, 0.6) is 5.75 Å². The van der Waals surface area contributed by atoms with E-state index in [1.807, 2.05) is 6.92 Å². The molecule has 1 unspecified atom stereocenters. The van der Waals surface area contributed by atoms with Crippen LogP contribution in [0.1, 0.15) is 24.0 Å². The quantitative estimate of drug-likeness (QED) is 0.690. The van der Waals surface area contributed by atoms with Crippen LogP contribution in [0, 0.1) is 0 Å². The monoisotopic (exact) mass is 277 g/mol. The Hall–Kier alpha value is -2.22. The minimum absolute atomic E-state index is 0.646. The molecule has 0 saturated heterocycles. The first-order chi connectivity index (χ1) is 10.4. The lowest BCUT2D eigenvalue weighted by atomic mass is 9.77. The van der Waals surface area contributed by atoms with Gasteiger partial charge in [0.25, 0.3) is 0 Å². The normalized spacial score (nSPS) is 16.5. The van der Waals surface area contributed by atoms with Crippen molar-refractivity contribution in [2.24, 2.45) is 0 Å². The van der Waals surface area contributed by atoms with E-state index in [0.717, 1.165) is 12.3 Å². The Balaban J connectivity index is 1.65. The Bertz CT molecular complexity index is 787. The van der Waals surface area contributed by atoms with Gasteiger partial charge in [0.05, 0.1) is 12.1 Å². The molecule has 3 aromatic rings. The predicted molar refractivity (Wildman–Crippen MR) is 86.0 cm³/mol. The zero-order chi connectivity index (χ0) is 14.2. The van der Waals surface area contributed by atoms with E-state index < -0.39 is 0 Å². The number of ether oxygens (including phenoxy) is 1. The first-order valence-electron chi connectivity index (χ1n) is 7.65. The summed E-state index contributed by atoms with van der Waals surface area (Å²) in [5.41, 5.74) is 4.29. The summed E-state index contributed by atoms with van der Waals surface area (Å²) in [7, 11) is 0. The summed E-state index contributed by atoms with van der Waals surface area (Å²) in [5, 5.41) is 1.21. The van der Waals surface area contributed by atoms with Crippen molar-refractivity contribution < 1.29 is 4.74 Å². The molecule has 1 heterocycles. The third-order valence-corrected chi connectivity index (χ3v) is 4.45. The molecule has 0 amide bonds. The molecule has 2 aromatic carbocycles. The van der Waals surface area contributed by atoms with Crippen LogP contribution < -0.4 is 4.74 Å². The first-order valence-corrected chi connectivity index (χ1v) is 7.65. The summed E-state index contributed by atoms with van der Waals surface area (Å²) >= 11 is 0. The molecule has 0 radical (unpaired) electrons. The van der Waals surface area contributed by atoms with Gasteiger partial charge in [-0.1, -0.05) is 30.3 Å². The molecule has 0 spiro atoms. The van der Waals surface area contributed by atoms with Gasteiger partial charge in [0.1, 0.15) is 5.75 Å². The van der Waals surface area contributed by atoms with Crippen LogP contribution in [0.3, 0.4) is 0 Å². The Morgan fingerprint density at radius 3 is 2.86 bits per heavy atom. The van der Waals surface area contributed by atoms with Gasteiger partial charge >= 0.3 is 0 Å². The second-order valence-electron chi connectivity index (χ2n) is 5.69. The minimum Gasteiger partial charge on any atom is -0.493 e. The van der Waals surface area contributed by atoms with Crippen LogP contribution in [-0.2, 0) is 13.0 Å². The largest absolute Gasteiger partial charge is 0.493 e. The van der Waals surface area contributed by atoms with E-state index in [1.54, 1.807) is 0 Å². The van der Waals surface area contributed by atoms with Crippen molar-refractivity contribution in [3.8, 4) is 5.75 Å². The van der Waals surface area contributed by atoms with E-state index >= 15 is 0 Å². The first kappa shape index (κ1) is 12.5. The lowest BCUT2D eigenvalue weighted by Crippen LogP contribution is -2.21. The fourth-order valence-corrected chi connectivity index (χ4v) is 3.40. The van der Waals surface area contributed by atoms with Crippen molar-refractivity contribution in [3.63, 3.8) is 0 Å². The number of hydrogen-bond donors (Lipinski definition) is 0. The highest BCUT2D eigenvalue weighted by molar-refractivity contribution is 5.86. The second-order valence-corrected chi connectivity index (χ2v) is 5.69. The van der Waals surface area contributed by atoms with E-state index in [1.165, 1.54) is 28.5 Å². The molecular weight excluding hydrogens is 258 g/mol. The zero-order valence-corrected chi connectivity index (χ0v) is 12.3. The molecule has 2 heteroatoms. The lowest BCUT2D eigenvalue weighted by molar-refractivity contribution is 0.344. The summed E-state index contributed by atoms with van der Waals surface area (Å²) in [4.78, 5) is 0. The Labute approximate surface area is 125 Å². The van der Waals surface area contributed by atoms with Crippen LogP contribution in [0.4, 0.5) is 0 Å². The molecule has 21 heavy (non-hydrogen) atoms. The SMILES string of the molecule is CCOc1cccc2c1ccn2CC1Cc2ccccc21. The van der Waals surface area contributed by atoms with Crippen molar-refractivity contribution in [3.05, 3.63) is 65.9 Å². The van der Waals surface area contributed by atoms with Crippen molar-refractivity contribution in [2.75, 3.05) is 6.61 Å². The van der Waals surface area contributed by atoms with Crippen molar-refractivity contribution in [1.29, 1.82) is 0 Å². The Kier molecular flexibility index (Phi) is 2.95. The van der Waals surface area contributed by atoms with Gasteiger partial charge in [0.2, 0.25) is 0 Å². The van der Waals surface area contributed by atoms with Crippen LogP contribution in [0.25, 0.3) is 10.9 Å². The fourth-order valence-electron chi connectivity index (χ4n) is 3.40. The molecule has 2 nitrogen and oxygen atoms in total. The predicted octanol–water partition coefficient (Wildman–Crippen LogP) is 4.38. The van der Waals surface area contributed by atoms with Gasteiger partial charge in [-0.25, -0.2) is 0 Å². The molecule has 1 aliphatic carbocycles. The maximum atomic E-state index is 5.72. The maximum absolute atomic E-state index is 5.72. The summed E-state index contributed by atoms with van der Waals surface area (Å²) in [6.07, 6.45) is 3.38. The second kappa shape index (κ2) is 4.96. The highest BCUT2D eigenvalue weighted by Gasteiger charge is 2.25. The molecule has 1 atom stereocenters. The number of fused-ring (bicyclic) bond motifs is 2. The molecule has 0 aliphatic heterocycles. The third kappa shape index (κ3) is 2.02. The summed E-state index contributed by atoms with van der Waals surface area (Å²) in [6, 6.07) is 17.3. The van der Waals surface area contributed by atoms with Gasteiger partial charge < -0.3 is 9.30 Å². The highest BCUT2D eigenvalue weighted by Crippen LogP contribution is 2.37. The van der Waals surface area contributed by atoms with E-state index in [2.05, 4.69) is 59.3 Å². The van der Waals surface area contributed by atoms with E-state index in [9.17, 15) is 0 Å². The smallest absolute Gasteiger partial charge is 0.128 e. The topological polar surface area (TPSA) is 14.2 Å². The summed E-state index contributed by atoms with van der Waals surface area (Å²) < 4.78 is 8.08. The molecule has 0 fully saturated rings. The molecule has 0 N–H and O–H groups in total. The third-order valence-electron chi connectivity index (χ3n) is 4.45. The average molecular weight is 277 g/mol. The van der Waals surface area contributed by atoms with E-state index in [-0.39, 0.29) is 0 Å². The van der Waals surface area contributed by atoms with Gasteiger partial charge in [-0.3, -0.25) is 0 Å². The molecular formula is C19H19NO. The van der Waals surface area contributed by atoms with Gasteiger partial charge in [-0.15, -0.1) is 0 Å². The van der Waals surface area contributed by atoms with Gasteiger partial charge in [0.15, 0.2) is 0 Å². The Morgan fingerprint density at radius 1 is 1.10 bits per heavy atom. The zero-order valence-electron chi connectivity index (χ0n) is 12.3. The van der Waals surface area contributed by atoms with Crippen molar-refractivity contribution >= 4 is 10.9 Å². The maximum Gasteiger partial charge on any atom is 0.128 e. The standard InChI is InChI=1S/C19H19NO/c1-2-21-19-9-5-8-18-17(19)10-11-20(18)13-15-12-14-6-3-4-7-16(14)15/h3-11,15H,2,12-13H2,1H3. The number of rotatable bonds is 4. The molecule has 0 saturated carbocycles. The van der Waals surface area contributed by atoms with Crippen LogP contribution >= 0.6 is 0 Å². The number of hydrogen-bond acceptors (Lipinski definition) is 1. The highest BCUT2D eigenvalue weighted by atomic mass is 16.5. The molecule has 1 aliphatic rings. The summed E-state index contributed by atoms with van der Waals surface area (Å²) in [6.45, 7) is 3.79. The van der Waals surface area contributed by atoms with Crippen LogP contribution in [0.15, 0.2) is 54.7 Å². The van der Waals surface area contributed by atoms with Gasteiger partial charge in [0, 0.05) is 24.0 Å². The molecule has 4 rings (SSSR count). The van der Waals surface area contributed by atoms with Crippen molar-refractivity contribution in [2.45, 2.75) is 25.8 Å². The Morgan fingerprint density at radius 2 is 2.00 bits per heavy atom. The minimum atomic E-state index is 0.646.